The van der Waals surface area contributed by atoms with Crippen LogP contribution in [0.1, 0.15) is 28.4 Å². The molecule has 1 aromatic carbocycles. The molecule has 0 aromatic heterocycles. The van der Waals surface area contributed by atoms with Gasteiger partial charge in [0.1, 0.15) is 0 Å². The van der Waals surface area contributed by atoms with Crippen molar-refractivity contribution in [1.82, 2.24) is 10.5 Å². The number of hydrogen-bond acceptors (Lipinski definition) is 3. The van der Waals surface area contributed by atoms with Gasteiger partial charge in [0.15, 0.2) is 13.8 Å². The fourth-order valence-electron chi connectivity index (χ4n) is 1.49. The van der Waals surface area contributed by atoms with Crippen LogP contribution in [0.25, 0.3) is 0 Å². The molecule has 0 saturated heterocycles. The third-order valence-corrected chi connectivity index (χ3v) is 2.15. The predicted octanol–water partition coefficient (Wildman–Crippen LogP) is 0.782. The summed E-state index contributed by atoms with van der Waals surface area (Å²) < 4.78 is 0. The molecule has 0 spiro atoms. The van der Waals surface area contributed by atoms with E-state index in [1.54, 1.807) is 6.92 Å². The first-order valence-electron chi connectivity index (χ1n) is 4.89. The lowest BCUT2D eigenvalue weighted by atomic mass is 10.0. The molecular formula is C11H15BN2O. The largest absolute Gasteiger partial charge is 0.363 e. The molecule has 0 atom stereocenters. The summed E-state index contributed by atoms with van der Waals surface area (Å²) in [5.74, 6) is 0.0752. The molecule has 0 saturated carbocycles. The third kappa shape index (κ3) is 3.49. The summed E-state index contributed by atoms with van der Waals surface area (Å²) in [7, 11) is 7.14. The van der Waals surface area contributed by atoms with Crippen LogP contribution in [0.2, 0.25) is 0 Å². The number of carbonyl (C=O) groups excluding carboxylic acids is 1. The predicted molar refractivity (Wildman–Crippen MR) is 61.8 cm³/mol. The minimum absolute atomic E-state index is 0.0752. The summed E-state index contributed by atoms with van der Waals surface area (Å²) in [6.07, 6.45) is 0. The van der Waals surface area contributed by atoms with Crippen LogP contribution in [0.15, 0.2) is 18.2 Å². The summed E-state index contributed by atoms with van der Waals surface area (Å²) in [4.78, 5) is 11.3. The first-order chi connectivity index (χ1) is 7.17. The molecule has 78 valence electrons. The average Bonchev–Trinajstić information content (AvgIpc) is 2.18. The highest BCUT2D eigenvalue weighted by Crippen LogP contribution is 2.11. The Labute approximate surface area is 91.7 Å². The van der Waals surface area contributed by atoms with Crippen LogP contribution in [0.3, 0.4) is 0 Å². The average molecular weight is 202 g/mol. The Kier molecular flexibility index (Phi) is 4.53. The Morgan fingerprint density at radius 2 is 1.87 bits per heavy atom. The van der Waals surface area contributed by atoms with E-state index in [0.29, 0.717) is 6.54 Å². The minimum atomic E-state index is 0.0752. The number of nitrogens with one attached hydrogen (secondary N) is 2. The van der Waals surface area contributed by atoms with Gasteiger partial charge in [-0.05, 0) is 37.2 Å². The number of ketones is 1. The van der Waals surface area contributed by atoms with Gasteiger partial charge >= 0.3 is 0 Å². The molecule has 2 radical (unpaired) electrons. The molecule has 0 aliphatic carbocycles. The van der Waals surface area contributed by atoms with Crippen molar-refractivity contribution in [3.05, 3.63) is 34.9 Å². The van der Waals surface area contributed by atoms with Crippen molar-refractivity contribution in [3.8, 4) is 0 Å². The van der Waals surface area contributed by atoms with Crippen LogP contribution < -0.4 is 10.5 Å². The van der Waals surface area contributed by atoms with Crippen molar-refractivity contribution in [2.45, 2.75) is 20.0 Å². The van der Waals surface area contributed by atoms with Crippen LogP contribution >= 0.6 is 0 Å². The van der Waals surface area contributed by atoms with Crippen molar-refractivity contribution in [1.29, 1.82) is 0 Å². The SMILES string of the molecule is [B]NCc1cc(CNC)cc(C(C)=O)c1. The Hall–Kier alpha value is -1.13. The molecule has 0 amide bonds. The fourth-order valence-corrected chi connectivity index (χ4v) is 1.49. The molecule has 0 aliphatic heterocycles. The Morgan fingerprint density at radius 1 is 1.27 bits per heavy atom. The smallest absolute Gasteiger partial charge is 0.178 e. The second-order valence-electron chi connectivity index (χ2n) is 3.51. The molecule has 0 heterocycles. The van der Waals surface area contributed by atoms with Crippen LogP contribution in [-0.4, -0.2) is 20.8 Å². The first kappa shape index (κ1) is 11.9. The molecule has 3 nitrogen and oxygen atoms in total. The van der Waals surface area contributed by atoms with Gasteiger partial charge in [0, 0.05) is 18.7 Å². The highest BCUT2D eigenvalue weighted by molar-refractivity contribution is 6.04. The Bertz CT molecular complexity index is 328. The van der Waals surface area contributed by atoms with E-state index < -0.39 is 0 Å². The summed E-state index contributed by atoms with van der Waals surface area (Å²) in [5, 5.41) is 5.64. The molecule has 0 unspecified atom stereocenters. The lowest BCUT2D eigenvalue weighted by molar-refractivity contribution is 0.101. The zero-order valence-electron chi connectivity index (χ0n) is 9.13. The van der Waals surface area contributed by atoms with Gasteiger partial charge < -0.3 is 10.5 Å². The Morgan fingerprint density at radius 3 is 2.33 bits per heavy atom. The second kappa shape index (κ2) is 5.68. The van der Waals surface area contributed by atoms with Gasteiger partial charge in [-0.15, -0.1) is 0 Å². The topological polar surface area (TPSA) is 41.1 Å². The maximum Gasteiger partial charge on any atom is 0.178 e. The normalized spacial score (nSPS) is 10.3. The van der Waals surface area contributed by atoms with Crippen LogP contribution in [0.5, 0.6) is 0 Å². The van der Waals surface area contributed by atoms with Crippen molar-refractivity contribution in [3.63, 3.8) is 0 Å². The third-order valence-electron chi connectivity index (χ3n) is 2.15. The zero-order valence-corrected chi connectivity index (χ0v) is 9.13. The van der Waals surface area contributed by atoms with Gasteiger partial charge in [-0.1, -0.05) is 6.07 Å². The maximum atomic E-state index is 11.3. The first-order valence-corrected chi connectivity index (χ1v) is 4.89. The Balaban J connectivity index is 3.02. The summed E-state index contributed by atoms with van der Waals surface area (Å²) in [6, 6.07) is 5.79. The minimum Gasteiger partial charge on any atom is -0.363 e. The molecule has 2 N–H and O–H groups in total. The van der Waals surface area contributed by atoms with Crippen molar-refractivity contribution < 1.29 is 4.79 Å². The molecule has 1 rings (SSSR count). The molecule has 0 bridgehead atoms. The van der Waals surface area contributed by atoms with E-state index in [2.05, 4.69) is 10.5 Å². The molecular weight excluding hydrogens is 187 g/mol. The monoisotopic (exact) mass is 202 g/mol. The van der Waals surface area contributed by atoms with Gasteiger partial charge in [-0.2, -0.15) is 0 Å². The fraction of sp³-hybridized carbons (Fsp3) is 0.364. The number of benzene rings is 1. The molecule has 4 heteroatoms. The number of hydrogen-bond donors (Lipinski definition) is 2. The quantitative estimate of drug-likeness (QED) is 0.547. The second-order valence-corrected chi connectivity index (χ2v) is 3.51. The van der Waals surface area contributed by atoms with E-state index in [9.17, 15) is 4.79 Å². The van der Waals surface area contributed by atoms with Crippen LogP contribution in [0, 0.1) is 0 Å². The van der Waals surface area contributed by atoms with Gasteiger partial charge in [-0.3, -0.25) is 4.79 Å². The molecule has 15 heavy (non-hydrogen) atoms. The lowest BCUT2D eigenvalue weighted by Crippen LogP contribution is -2.11. The summed E-state index contributed by atoms with van der Waals surface area (Å²) >= 11 is 0. The van der Waals surface area contributed by atoms with E-state index in [-0.39, 0.29) is 5.78 Å². The highest BCUT2D eigenvalue weighted by Gasteiger charge is 2.03. The highest BCUT2D eigenvalue weighted by atomic mass is 16.1. The number of rotatable bonds is 5. The van der Waals surface area contributed by atoms with E-state index >= 15 is 0 Å². The van der Waals surface area contributed by atoms with Crippen LogP contribution in [0.4, 0.5) is 0 Å². The maximum absolute atomic E-state index is 11.3. The molecule has 1 aromatic rings. The van der Waals surface area contributed by atoms with Gasteiger partial charge in [0.2, 0.25) is 0 Å². The zero-order chi connectivity index (χ0) is 11.3. The summed E-state index contributed by atoms with van der Waals surface area (Å²) in [5.41, 5.74) is 2.85. The van der Waals surface area contributed by atoms with E-state index in [0.717, 1.165) is 23.2 Å². The van der Waals surface area contributed by atoms with Gasteiger partial charge in [0.25, 0.3) is 0 Å². The van der Waals surface area contributed by atoms with E-state index in [1.165, 1.54) is 0 Å². The van der Waals surface area contributed by atoms with Gasteiger partial charge in [0.05, 0.1) is 0 Å². The number of carbonyl (C=O) groups is 1. The van der Waals surface area contributed by atoms with E-state index in [4.69, 9.17) is 7.98 Å². The summed E-state index contributed by atoms with van der Waals surface area (Å²) in [6.45, 7) is 2.88. The van der Waals surface area contributed by atoms with Crippen molar-refractivity contribution in [2.75, 3.05) is 7.05 Å². The van der Waals surface area contributed by atoms with Crippen molar-refractivity contribution in [2.24, 2.45) is 0 Å². The van der Waals surface area contributed by atoms with Gasteiger partial charge in [-0.25, -0.2) is 0 Å². The number of Topliss-reactive ketones (excluding diaryl/α,β-unsaturated/α-hetero) is 1. The van der Waals surface area contributed by atoms with Crippen molar-refractivity contribution >= 4 is 13.8 Å². The van der Waals surface area contributed by atoms with Crippen LogP contribution in [-0.2, 0) is 13.1 Å². The molecule has 0 fully saturated rings. The standard InChI is InChI=1S/C11H15BN2O/c1-8(15)11-4-9(6-13-2)3-10(5-11)7-14-12/h3-5,13-14H,6-7H2,1-2H3. The molecule has 0 aliphatic rings. The lowest BCUT2D eigenvalue weighted by Gasteiger charge is -2.07. The van der Waals surface area contributed by atoms with E-state index in [1.807, 2.05) is 25.2 Å².